The third-order valence-electron chi connectivity index (χ3n) is 7.38. The van der Waals surface area contributed by atoms with Gasteiger partial charge in [0.05, 0.1) is 37.0 Å². The standard InChI is InChI=1S/C32H41N5O6S/c1-7-10-11-12-13-29-33-22(4)30-32(38)34-31(35-37(29)30)25-21-24(15-17-26(25)43-9-3)44(39,40)36(8-2)19-18-23-14-16-27(41-5)28(20-23)42-6/h8,14-17,20-21H,2,7,9-13,18-19H2,1,3-6H3,(H,34,35,38). The van der Waals surface area contributed by atoms with Gasteiger partial charge in [-0.25, -0.2) is 17.9 Å². The summed E-state index contributed by atoms with van der Waals surface area (Å²) in [5.41, 5.74) is 1.81. The zero-order valence-electron chi connectivity index (χ0n) is 26.1. The minimum Gasteiger partial charge on any atom is -0.493 e. The molecule has 0 unspecified atom stereocenters. The molecular formula is C32H41N5O6S. The van der Waals surface area contributed by atoms with Crippen LogP contribution in [0.15, 0.2) is 58.9 Å². The van der Waals surface area contributed by atoms with Crippen molar-refractivity contribution in [3.63, 3.8) is 0 Å². The lowest BCUT2D eigenvalue weighted by atomic mass is 10.1. The zero-order valence-corrected chi connectivity index (χ0v) is 26.9. The molecule has 0 radical (unpaired) electrons. The lowest BCUT2D eigenvalue weighted by Gasteiger charge is -2.21. The summed E-state index contributed by atoms with van der Waals surface area (Å²) in [6.07, 6.45) is 6.58. The minimum absolute atomic E-state index is 0.00695. The number of aromatic nitrogens is 4. The summed E-state index contributed by atoms with van der Waals surface area (Å²) in [7, 11) is -0.914. The third kappa shape index (κ3) is 6.91. The molecule has 0 bridgehead atoms. The molecule has 0 fully saturated rings. The Morgan fingerprint density at radius 3 is 2.43 bits per heavy atom. The number of fused-ring (bicyclic) bond motifs is 1. The van der Waals surface area contributed by atoms with Crippen molar-refractivity contribution in [3.05, 3.63) is 76.6 Å². The van der Waals surface area contributed by atoms with E-state index in [1.54, 1.807) is 37.8 Å². The van der Waals surface area contributed by atoms with Crippen LogP contribution in [0.1, 0.15) is 56.6 Å². The molecule has 236 valence electrons. The molecular weight excluding hydrogens is 582 g/mol. The summed E-state index contributed by atoms with van der Waals surface area (Å²) in [5.74, 6) is 2.42. The molecule has 0 aliphatic rings. The molecule has 12 heteroatoms. The second-order valence-electron chi connectivity index (χ2n) is 10.3. The Labute approximate surface area is 258 Å². The fourth-order valence-electron chi connectivity index (χ4n) is 5.09. The maximum absolute atomic E-state index is 13.8. The van der Waals surface area contributed by atoms with Gasteiger partial charge in [0.25, 0.3) is 15.6 Å². The molecule has 2 heterocycles. The number of hydrogen-bond donors (Lipinski definition) is 1. The van der Waals surface area contributed by atoms with Gasteiger partial charge in [-0.15, -0.1) is 5.10 Å². The topological polar surface area (TPSA) is 128 Å². The Hall–Kier alpha value is -4.32. The van der Waals surface area contributed by atoms with E-state index in [1.807, 2.05) is 19.1 Å². The first kappa shape index (κ1) is 32.6. The van der Waals surface area contributed by atoms with Gasteiger partial charge < -0.3 is 19.2 Å². The van der Waals surface area contributed by atoms with Crippen LogP contribution in [0.3, 0.4) is 0 Å². The fourth-order valence-corrected chi connectivity index (χ4v) is 6.39. The van der Waals surface area contributed by atoms with Gasteiger partial charge >= 0.3 is 0 Å². The molecule has 11 nitrogen and oxygen atoms in total. The molecule has 2 aromatic heterocycles. The predicted octanol–water partition coefficient (Wildman–Crippen LogP) is 5.31. The van der Waals surface area contributed by atoms with E-state index in [2.05, 4.69) is 23.5 Å². The molecule has 0 amide bonds. The Bertz CT molecular complexity index is 1780. The van der Waals surface area contributed by atoms with Crippen molar-refractivity contribution in [2.45, 2.75) is 64.2 Å². The van der Waals surface area contributed by atoms with Gasteiger partial charge in [0.15, 0.2) is 22.8 Å². The highest BCUT2D eigenvalue weighted by Crippen LogP contribution is 2.32. The normalized spacial score (nSPS) is 11.5. The smallest absolute Gasteiger partial charge is 0.277 e. The molecule has 1 N–H and O–H groups in total. The first-order valence-corrected chi connectivity index (χ1v) is 16.2. The van der Waals surface area contributed by atoms with Gasteiger partial charge in [-0.05, 0) is 62.6 Å². The molecule has 2 aromatic carbocycles. The van der Waals surface area contributed by atoms with Gasteiger partial charge in [0, 0.05) is 19.2 Å². The second kappa shape index (κ2) is 14.4. The number of aryl methyl sites for hydroxylation is 2. The summed E-state index contributed by atoms with van der Waals surface area (Å²) in [5, 5.41) is 4.73. The average molecular weight is 624 g/mol. The Balaban J connectivity index is 1.70. The van der Waals surface area contributed by atoms with Crippen LogP contribution in [0.25, 0.3) is 16.9 Å². The van der Waals surface area contributed by atoms with Crippen LogP contribution >= 0.6 is 0 Å². The summed E-state index contributed by atoms with van der Waals surface area (Å²) in [6.45, 7) is 9.99. The minimum atomic E-state index is -4.02. The van der Waals surface area contributed by atoms with E-state index in [-0.39, 0.29) is 22.8 Å². The van der Waals surface area contributed by atoms with E-state index < -0.39 is 10.0 Å². The number of nitrogens with one attached hydrogen (secondary N) is 1. The first-order chi connectivity index (χ1) is 21.2. The molecule has 0 aliphatic carbocycles. The number of nitrogens with zero attached hydrogens (tertiary/aromatic N) is 4. The molecule has 0 aliphatic heterocycles. The third-order valence-corrected chi connectivity index (χ3v) is 9.18. The number of ether oxygens (including phenoxy) is 3. The number of H-pyrrole nitrogens is 1. The highest BCUT2D eigenvalue weighted by atomic mass is 32.2. The van der Waals surface area contributed by atoms with E-state index in [4.69, 9.17) is 19.3 Å². The molecule has 44 heavy (non-hydrogen) atoms. The van der Waals surface area contributed by atoms with Gasteiger partial charge in [-0.2, -0.15) is 0 Å². The first-order valence-electron chi connectivity index (χ1n) is 14.8. The van der Waals surface area contributed by atoms with Crippen molar-refractivity contribution in [2.24, 2.45) is 0 Å². The monoisotopic (exact) mass is 623 g/mol. The van der Waals surface area contributed by atoms with Crippen molar-refractivity contribution >= 4 is 15.5 Å². The number of sulfonamides is 1. The van der Waals surface area contributed by atoms with E-state index in [0.717, 1.165) is 31.2 Å². The molecule has 4 aromatic rings. The average Bonchev–Trinajstić information content (AvgIpc) is 3.34. The van der Waals surface area contributed by atoms with E-state index >= 15 is 0 Å². The lowest BCUT2D eigenvalue weighted by Crippen LogP contribution is -2.28. The summed E-state index contributed by atoms with van der Waals surface area (Å²) < 4.78 is 46.9. The van der Waals surface area contributed by atoms with Crippen LogP contribution in [-0.2, 0) is 22.9 Å². The molecule has 0 atom stereocenters. The van der Waals surface area contributed by atoms with Crippen LogP contribution in [-0.4, -0.2) is 59.7 Å². The lowest BCUT2D eigenvalue weighted by molar-refractivity contribution is 0.341. The van der Waals surface area contributed by atoms with Gasteiger partial charge in [-0.1, -0.05) is 38.8 Å². The molecule has 0 saturated carbocycles. The number of benzene rings is 2. The maximum atomic E-state index is 13.8. The number of hydrogen-bond acceptors (Lipinski definition) is 8. The van der Waals surface area contributed by atoms with Crippen molar-refractivity contribution in [3.8, 4) is 28.6 Å². The zero-order chi connectivity index (χ0) is 31.9. The van der Waals surface area contributed by atoms with Crippen LogP contribution in [0, 0.1) is 6.92 Å². The SMILES string of the molecule is C=CN(CCc1ccc(OC)c(OC)c1)S(=O)(=O)c1ccc(OCC)c(-c2nn3c(CCCCCC)nc(C)c3c(=O)[nH]2)c1. The van der Waals surface area contributed by atoms with Crippen molar-refractivity contribution in [2.75, 3.05) is 27.4 Å². The number of rotatable bonds is 16. The van der Waals surface area contributed by atoms with Gasteiger partial charge in [0.1, 0.15) is 11.6 Å². The summed E-state index contributed by atoms with van der Waals surface area (Å²) in [6, 6.07) is 9.99. The van der Waals surface area contributed by atoms with E-state index in [9.17, 15) is 13.2 Å². The maximum Gasteiger partial charge on any atom is 0.277 e. The summed E-state index contributed by atoms with van der Waals surface area (Å²) >= 11 is 0. The fraction of sp³-hybridized carbons (Fsp3) is 0.406. The van der Waals surface area contributed by atoms with Crippen LogP contribution in [0.4, 0.5) is 0 Å². The van der Waals surface area contributed by atoms with E-state index in [0.29, 0.717) is 59.3 Å². The van der Waals surface area contributed by atoms with Crippen molar-refractivity contribution < 1.29 is 22.6 Å². The molecule has 4 rings (SSSR count). The number of imidazole rings is 1. The van der Waals surface area contributed by atoms with Gasteiger partial charge in [-0.3, -0.25) is 9.10 Å². The van der Waals surface area contributed by atoms with Crippen LogP contribution in [0.5, 0.6) is 17.2 Å². The van der Waals surface area contributed by atoms with Crippen molar-refractivity contribution in [1.29, 1.82) is 0 Å². The highest BCUT2D eigenvalue weighted by molar-refractivity contribution is 7.89. The predicted molar refractivity (Wildman–Crippen MR) is 170 cm³/mol. The molecule has 0 spiro atoms. The number of methoxy groups -OCH3 is 2. The van der Waals surface area contributed by atoms with Crippen LogP contribution < -0.4 is 19.8 Å². The Morgan fingerprint density at radius 1 is 1.00 bits per heavy atom. The number of aromatic amines is 1. The Kier molecular flexibility index (Phi) is 10.7. The van der Waals surface area contributed by atoms with Crippen LogP contribution in [0.2, 0.25) is 0 Å². The van der Waals surface area contributed by atoms with Gasteiger partial charge in [0.2, 0.25) is 0 Å². The Morgan fingerprint density at radius 2 is 1.75 bits per heavy atom. The van der Waals surface area contributed by atoms with E-state index in [1.165, 1.54) is 22.6 Å². The largest absolute Gasteiger partial charge is 0.493 e. The second-order valence-corrected chi connectivity index (χ2v) is 12.2. The summed E-state index contributed by atoms with van der Waals surface area (Å²) in [4.78, 5) is 20.7. The molecule has 0 saturated heterocycles. The number of unbranched alkanes of at least 4 members (excludes halogenated alkanes) is 3. The highest BCUT2D eigenvalue weighted by Gasteiger charge is 2.25. The van der Waals surface area contributed by atoms with Crippen molar-refractivity contribution in [1.82, 2.24) is 23.9 Å². The quantitative estimate of drug-likeness (QED) is 0.166.